The van der Waals surface area contributed by atoms with Crippen molar-refractivity contribution in [2.24, 2.45) is 0 Å². The van der Waals surface area contributed by atoms with E-state index in [2.05, 4.69) is 15.5 Å². The van der Waals surface area contributed by atoms with Crippen molar-refractivity contribution in [1.29, 1.82) is 0 Å². The molecule has 0 aromatic carbocycles. The maximum absolute atomic E-state index is 11.8. The molecule has 0 aliphatic rings. The van der Waals surface area contributed by atoms with Gasteiger partial charge in [0.25, 0.3) is 0 Å². The molecule has 0 fully saturated rings. The van der Waals surface area contributed by atoms with Crippen LogP contribution in [-0.2, 0) is 9.59 Å². The van der Waals surface area contributed by atoms with Crippen LogP contribution in [0.3, 0.4) is 0 Å². The second-order valence-electron chi connectivity index (χ2n) is 6.58. The van der Waals surface area contributed by atoms with Gasteiger partial charge in [-0.05, 0) is 40.9 Å². The number of carbonyl (C=O) groups is 2. The number of hydrogen-bond donors (Lipinski definition) is 3. The van der Waals surface area contributed by atoms with Gasteiger partial charge in [-0.1, -0.05) is 0 Å². The number of carbonyl (C=O) groups excluding carboxylic acids is 2. The molecule has 0 aliphatic carbocycles. The van der Waals surface area contributed by atoms with Crippen LogP contribution in [0.15, 0.2) is 0 Å². The van der Waals surface area contributed by atoms with Crippen molar-refractivity contribution in [3.05, 3.63) is 0 Å². The fourth-order valence-corrected chi connectivity index (χ4v) is 2.44. The van der Waals surface area contributed by atoms with Crippen LogP contribution in [0.25, 0.3) is 0 Å². The Morgan fingerprint density at radius 1 is 1.04 bits per heavy atom. The Morgan fingerprint density at radius 3 is 2.25 bits per heavy atom. The maximum Gasteiger partial charge on any atom is 0.220 e. The van der Waals surface area contributed by atoms with Crippen LogP contribution < -0.4 is 10.6 Å². The summed E-state index contributed by atoms with van der Waals surface area (Å²) < 4.78 is 0. The van der Waals surface area contributed by atoms with Gasteiger partial charge in [-0.3, -0.25) is 9.69 Å². The average molecular weight is 345 g/mol. The number of aliphatic hydroxyl groups excluding tert-OH is 1. The highest BCUT2D eigenvalue weighted by Crippen LogP contribution is 2.00. The minimum atomic E-state index is -0.404. The van der Waals surface area contributed by atoms with Crippen LogP contribution in [0, 0.1) is 0 Å². The number of nitrogens with zero attached hydrogens (tertiary/aromatic N) is 2. The van der Waals surface area contributed by atoms with Gasteiger partial charge in [-0.15, -0.1) is 0 Å². The van der Waals surface area contributed by atoms with Gasteiger partial charge in [0.15, 0.2) is 0 Å². The van der Waals surface area contributed by atoms with E-state index in [1.54, 1.807) is 6.92 Å². The Kier molecular flexibility index (Phi) is 13.7. The summed E-state index contributed by atoms with van der Waals surface area (Å²) in [5.74, 6) is 0.202. The minimum absolute atomic E-state index is 0.0287. The molecule has 142 valence electrons. The molecule has 1 amide bonds. The zero-order valence-corrected chi connectivity index (χ0v) is 15.8. The number of unbranched alkanes of at least 4 members (excludes halogenated alkanes) is 1. The average Bonchev–Trinajstić information content (AvgIpc) is 2.48. The molecule has 0 heterocycles. The molecule has 0 saturated carbocycles. The molecule has 3 N–H and O–H groups in total. The number of amides is 1. The van der Waals surface area contributed by atoms with Crippen molar-refractivity contribution >= 4 is 11.7 Å². The third-order valence-corrected chi connectivity index (χ3v) is 3.66. The van der Waals surface area contributed by atoms with Crippen LogP contribution in [-0.4, -0.2) is 93.1 Å². The lowest BCUT2D eigenvalue weighted by molar-refractivity contribution is -0.121. The molecule has 0 spiro atoms. The second-order valence-corrected chi connectivity index (χ2v) is 6.58. The van der Waals surface area contributed by atoms with E-state index in [1.165, 1.54) is 0 Å². The minimum Gasteiger partial charge on any atom is -0.390 e. The number of likely N-dealkylation sites (N-methyl/N-ethyl adjacent to an activating group) is 2. The molecular weight excluding hydrogens is 308 g/mol. The second kappa shape index (κ2) is 14.3. The lowest BCUT2D eigenvalue weighted by Gasteiger charge is -2.26. The topological polar surface area (TPSA) is 84.9 Å². The first kappa shape index (κ1) is 23.0. The molecule has 0 rings (SSSR count). The zero-order chi connectivity index (χ0) is 18.4. The summed E-state index contributed by atoms with van der Waals surface area (Å²) in [6.07, 6.45) is 2.13. The van der Waals surface area contributed by atoms with Gasteiger partial charge in [0.05, 0.1) is 6.10 Å². The van der Waals surface area contributed by atoms with Crippen molar-refractivity contribution in [1.82, 2.24) is 20.4 Å². The first-order chi connectivity index (χ1) is 11.3. The Labute approximate surface area is 146 Å². The van der Waals surface area contributed by atoms with Gasteiger partial charge in [0, 0.05) is 52.1 Å². The Bertz CT molecular complexity index is 351. The van der Waals surface area contributed by atoms with Gasteiger partial charge in [0.1, 0.15) is 5.78 Å². The van der Waals surface area contributed by atoms with Crippen LogP contribution in [0.2, 0.25) is 0 Å². The Balaban J connectivity index is 3.98. The van der Waals surface area contributed by atoms with Crippen molar-refractivity contribution in [3.63, 3.8) is 0 Å². The van der Waals surface area contributed by atoms with Crippen molar-refractivity contribution in [2.75, 3.05) is 60.4 Å². The number of rotatable bonds is 15. The quantitative estimate of drug-likeness (QED) is 0.354. The summed E-state index contributed by atoms with van der Waals surface area (Å²) in [6.45, 7) is 5.75. The van der Waals surface area contributed by atoms with E-state index in [9.17, 15) is 14.7 Å². The molecule has 1 unspecified atom stereocenters. The number of Topliss-reactive ketones (excluding diaryl/α,β-unsaturated/α-hetero) is 1. The number of ketones is 1. The summed E-state index contributed by atoms with van der Waals surface area (Å²) in [6, 6.07) is 0. The first-order valence-electron chi connectivity index (χ1n) is 8.81. The fraction of sp³-hybridized carbons (Fsp3) is 0.882. The van der Waals surface area contributed by atoms with Gasteiger partial charge in [-0.25, -0.2) is 0 Å². The molecule has 0 bridgehead atoms. The first-order valence-corrected chi connectivity index (χ1v) is 8.81. The smallest absolute Gasteiger partial charge is 0.220 e. The van der Waals surface area contributed by atoms with Gasteiger partial charge >= 0.3 is 0 Å². The molecule has 0 aliphatic heterocycles. The predicted molar refractivity (Wildman–Crippen MR) is 97.1 cm³/mol. The summed E-state index contributed by atoms with van der Waals surface area (Å²) in [5.41, 5.74) is 0. The maximum atomic E-state index is 11.8. The molecule has 7 nitrogen and oxygen atoms in total. The molecule has 0 radical (unpaired) electrons. The van der Waals surface area contributed by atoms with E-state index in [1.807, 2.05) is 26.0 Å². The van der Waals surface area contributed by atoms with Gasteiger partial charge in [0.2, 0.25) is 5.91 Å². The number of nitrogens with one attached hydrogen (secondary N) is 2. The summed E-state index contributed by atoms with van der Waals surface area (Å²) >= 11 is 0. The highest BCUT2D eigenvalue weighted by molar-refractivity contribution is 5.76. The SMILES string of the molecule is CNCCN(CCNC(=O)CCCCC(C)=O)CC(O)CN(C)C. The third kappa shape index (κ3) is 14.6. The van der Waals surface area contributed by atoms with Crippen LogP contribution in [0.4, 0.5) is 0 Å². The van der Waals surface area contributed by atoms with E-state index in [0.717, 1.165) is 25.9 Å². The fourth-order valence-electron chi connectivity index (χ4n) is 2.44. The largest absolute Gasteiger partial charge is 0.390 e. The lowest BCUT2D eigenvalue weighted by Crippen LogP contribution is -2.43. The number of hydrogen-bond acceptors (Lipinski definition) is 6. The normalized spacial score (nSPS) is 12.6. The van der Waals surface area contributed by atoms with Crippen molar-refractivity contribution < 1.29 is 14.7 Å². The van der Waals surface area contributed by atoms with Gasteiger partial charge < -0.3 is 25.4 Å². The van der Waals surface area contributed by atoms with Crippen LogP contribution in [0.5, 0.6) is 0 Å². The molecule has 0 aromatic rings. The van der Waals surface area contributed by atoms with E-state index in [-0.39, 0.29) is 11.7 Å². The molecule has 24 heavy (non-hydrogen) atoms. The summed E-state index contributed by atoms with van der Waals surface area (Å²) in [7, 11) is 5.78. The molecule has 7 heteroatoms. The van der Waals surface area contributed by atoms with E-state index >= 15 is 0 Å². The highest BCUT2D eigenvalue weighted by atomic mass is 16.3. The van der Waals surface area contributed by atoms with E-state index in [4.69, 9.17) is 0 Å². The zero-order valence-electron chi connectivity index (χ0n) is 15.8. The Morgan fingerprint density at radius 2 is 1.67 bits per heavy atom. The van der Waals surface area contributed by atoms with Crippen LogP contribution in [0.1, 0.15) is 32.6 Å². The standard InChI is InChI=1S/C17H36N4O3/c1-15(22)7-5-6-8-17(24)19-10-12-21(11-9-18-2)14-16(23)13-20(3)4/h16,18,23H,5-14H2,1-4H3,(H,19,24). The molecular formula is C17H36N4O3. The molecule has 1 atom stereocenters. The number of aliphatic hydroxyl groups is 1. The highest BCUT2D eigenvalue weighted by Gasteiger charge is 2.12. The van der Waals surface area contributed by atoms with E-state index < -0.39 is 6.10 Å². The monoisotopic (exact) mass is 344 g/mol. The van der Waals surface area contributed by atoms with Crippen molar-refractivity contribution in [2.45, 2.75) is 38.7 Å². The van der Waals surface area contributed by atoms with Gasteiger partial charge in [-0.2, -0.15) is 0 Å². The van der Waals surface area contributed by atoms with E-state index in [0.29, 0.717) is 39.0 Å². The summed E-state index contributed by atoms with van der Waals surface area (Å²) in [4.78, 5) is 26.7. The molecule has 0 aromatic heterocycles. The van der Waals surface area contributed by atoms with Crippen molar-refractivity contribution in [3.8, 4) is 0 Å². The van der Waals surface area contributed by atoms with Crippen LogP contribution >= 0.6 is 0 Å². The molecule has 0 saturated heterocycles. The predicted octanol–water partition coefficient (Wildman–Crippen LogP) is -0.304. The lowest BCUT2D eigenvalue weighted by atomic mass is 10.1. The third-order valence-electron chi connectivity index (χ3n) is 3.66. The Hall–Kier alpha value is -1.02. The summed E-state index contributed by atoms with van der Waals surface area (Å²) in [5, 5.41) is 16.1.